The van der Waals surface area contributed by atoms with Gasteiger partial charge in [0.05, 0.1) is 18.3 Å². The molecule has 3 rings (SSSR count). The number of hydrogen-bond acceptors (Lipinski definition) is 5. The van der Waals surface area contributed by atoms with Crippen LogP contribution in [0.1, 0.15) is 47.2 Å². The Morgan fingerprint density at radius 2 is 1.77 bits per heavy atom. The van der Waals surface area contributed by atoms with Crippen LogP contribution in [-0.4, -0.2) is 32.3 Å². The predicted octanol–water partition coefficient (Wildman–Crippen LogP) is 3.51. The summed E-state index contributed by atoms with van der Waals surface area (Å²) in [6.45, 7) is 6.76. The van der Waals surface area contributed by atoms with E-state index in [4.69, 9.17) is 0 Å². The molecule has 0 aliphatic rings. The van der Waals surface area contributed by atoms with E-state index < -0.39 is 0 Å². The molecule has 2 aromatic carbocycles. The number of thioether (sulfide) groups is 1. The molecule has 7 nitrogen and oxygen atoms in total. The first-order chi connectivity index (χ1) is 15.0. The average molecular weight is 438 g/mol. The quantitative estimate of drug-likeness (QED) is 0.500. The predicted molar refractivity (Wildman–Crippen MR) is 122 cm³/mol. The van der Waals surface area contributed by atoms with Crippen molar-refractivity contribution >= 4 is 23.6 Å². The minimum absolute atomic E-state index is 0.0643. The highest BCUT2D eigenvalue weighted by Gasteiger charge is 2.16. The molecule has 0 saturated carbocycles. The van der Waals surface area contributed by atoms with Gasteiger partial charge in [0.1, 0.15) is 0 Å². The van der Waals surface area contributed by atoms with Crippen molar-refractivity contribution in [2.24, 2.45) is 0 Å². The maximum absolute atomic E-state index is 12.5. The van der Waals surface area contributed by atoms with Gasteiger partial charge < -0.3 is 15.2 Å². The van der Waals surface area contributed by atoms with Crippen LogP contribution in [0.5, 0.6) is 0 Å². The lowest BCUT2D eigenvalue weighted by molar-refractivity contribution is -0.119. The van der Waals surface area contributed by atoms with Gasteiger partial charge in [-0.2, -0.15) is 0 Å². The van der Waals surface area contributed by atoms with Gasteiger partial charge in [-0.05, 0) is 38.0 Å². The zero-order chi connectivity index (χ0) is 22.2. The number of hydrogen-bond donors (Lipinski definition) is 2. The highest BCUT2D eigenvalue weighted by molar-refractivity contribution is 7.99. The van der Waals surface area contributed by atoms with Crippen LogP contribution in [0.15, 0.2) is 59.8 Å². The van der Waals surface area contributed by atoms with Crippen molar-refractivity contribution in [3.63, 3.8) is 0 Å². The molecule has 0 aliphatic carbocycles. The summed E-state index contributed by atoms with van der Waals surface area (Å²) in [5.74, 6) is 0.684. The van der Waals surface area contributed by atoms with E-state index in [0.29, 0.717) is 23.1 Å². The van der Waals surface area contributed by atoms with Crippen molar-refractivity contribution in [3.05, 3.63) is 77.1 Å². The van der Waals surface area contributed by atoms with Crippen LogP contribution < -0.4 is 10.6 Å². The molecule has 1 heterocycles. The number of nitrogens with one attached hydrogen (secondary N) is 2. The number of carbonyl (C=O) groups excluding carboxylic acids is 2. The van der Waals surface area contributed by atoms with E-state index in [2.05, 4.69) is 20.8 Å². The largest absolute Gasteiger partial charge is 0.349 e. The number of carbonyl (C=O) groups is 2. The number of rotatable bonds is 9. The third-order valence-electron chi connectivity index (χ3n) is 4.92. The molecule has 0 saturated heterocycles. The SMILES string of the molecule is CCn1c(CNC(=O)c2ccccc2C)nnc1SCC(=O)N[C@@H](C)c1ccccc1. The Hall–Kier alpha value is -3.13. The van der Waals surface area contributed by atoms with Gasteiger partial charge in [-0.25, -0.2) is 0 Å². The number of aromatic nitrogens is 3. The molecular weight excluding hydrogens is 410 g/mol. The molecule has 0 aliphatic heterocycles. The van der Waals surface area contributed by atoms with E-state index in [1.807, 2.05) is 73.9 Å². The first-order valence-electron chi connectivity index (χ1n) is 10.2. The maximum Gasteiger partial charge on any atom is 0.251 e. The van der Waals surface area contributed by atoms with Gasteiger partial charge in [0.2, 0.25) is 5.91 Å². The summed E-state index contributed by atoms with van der Waals surface area (Å²) in [6.07, 6.45) is 0. The molecule has 1 atom stereocenters. The second-order valence-electron chi connectivity index (χ2n) is 7.13. The molecular formula is C23H27N5O2S. The van der Waals surface area contributed by atoms with Crippen LogP contribution in [0.3, 0.4) is 0 Å². The summed E-state index contributed by atoms with van der Waals surface area (Å²) in [5.41, 5.74) is 2.62. The van der Waals surface area contributed by atoms with Crippen LogP contribution in [0.2, 0.25) is 0 Å². The van der Waals surface area contributed by atoms with Gasteiger partial charge in [-0.3, -0.25) is 9.59 Å². The van der Waals surface area contributed by atoms with Crippen LogP contribution >= 0.6 is 11.8 Å². The Morgan fingerprint density at radius 1 is 1.06 bits per heavy atom. The summed E-state index contributed by atoms with van der Waals surface area (Å²) >= 11 is 1.34. The Balaban J connectivity index is 1.55. The van der Waals surface area contributed by atoms with E-state index in [1.165, 1.54) is 11.8 Å². The van der Waals surface area contributed by atoms with Crippen LogP contribution in [0, 0.1) is 6.92 Å². The fourth-order valence-electron chi connectivity index (χ4n) is 3.19. The minimum atomic E-state index is -0.146. The van der Waals surface area contributed by atoms with Gasteiger partial charge in [0, 0.05) is 12.1 Å². The van der Waals surface area contributed by atoms with Crippen molar-refractivity contribution in [2.75, 3.05) is 5.75 Å². The third kappa shape index (κ3) is 5.95. The minimum Gasteiger partial charge on any atom is -0.349 e. The average Bonchev–Trinajstić information content (AvgIpc) is 3.18. The molecule has 0 radical (unpaired) electrons. The lowest BCUT2D eigenvalue weighted by atomic mass is 10.1. The molecule has 0 spiro atoms. The van der Waals surface area contributed by atoms with E-state index in [0.717, 1.165) is 11.1 Å². The number of benzene rings is 2. The molecule has 2 N–H and O–H groups in total. The lowest BCUT2D eigenvalue weighted by Gasteiger charge is -2.14. The summed E-state index contributed by atoms with van der Waals surface area (Å²) in [4.78, 5) is 24.8. The van der Waals surface area contributed by atoms with E-state index >= 15 is 0 Å². The Morgan fingerprint density at radius 3 is 2.48 bits per heavy atom. The summed E-state index contributed by atoms with van der Waals surface area (Å²) < 4.78 is 1.91. The number of aryl methyl sites for hydroxylation is 1. The molecule has 2 amide bonds. The Labute approximate surface area is 186 Å². The van der Waals surface area contributed by atoms with Crippen LogP contribution in [0.4, 0.5) is 0 Å². The molecule has 0 bridgehead atoms. The monoisotopic (exact) mass is 437 g/mol. The Bertz CT molecular complexity index is 1040. The highest BCUT2D eigenvalue weighted by atomic mass is 32.2. The van der Waals surface area contributed by atoms with E-state index in [-0.39, 0.29) is 30.2 Å². The second kappa shape index (κ2) is 10.8. The first-order valence-corrected chi connectivity index (χ1v) is 11.2. The van der Waals surface area contributed by atoms with Crippen molar-refractivity contribution in [3.8, 4) is 0 Å². The van der Waals surface area contributed by atoms with Crippen molar-refractivity contribution < 1.29 is 9.59 Å². The number of amides is 2. The van der Waals surface area contributed by atoms with Gasteiger partial charge in [-0.1, -0.05) is 60.3 Å². The second-order valence-corrected chi connectivity index (χ2v) is 8.07. The first kappa shape index (κ1) is 22.6. The molecule has 8 heteroatoms. The lowest BCUT2D eigenvalue weighted by Crippen LogP contribution is -2.28. The maximum atomic E-state index is 12.5. The summed E-state index contributed by atoms with van der Waals surface area (Å²) in [6, 6.07) is 17.2. The van der Waals surface area contributed by atoms with E-state index in [9.17, 15) is 9.59 Å². The topological polar surface area (TPSA) is 88.9 Å². The molecule has 0 fully saturated rings. The van der Waals surface area contributed by atoms with Crippen LogP contribution in [0.25, 0.3) is 0 Å². The highest BCUT2D eigenvalue weighted by Crippen LogP contribution is 2.18. The molecule has 0 unspecified atom stereocenters. The van der Waals surface area contributed by atoms with Crippen molar-refractivity contribution in [1.82, 2.24) is 25.4 Å². The smallest absolute Gasteiger partial charge is 0.251 e. The summed E-state index contributed by atoms with van der Waals surface area (Å²) in [5, 5.41) is 15.0. The normalized spacial score (nSPS) is 11.7. The van der Waals surface area contributed by atoms with Gasteiger partial charge >= 0.3 is 0 Å². The Kier molecular flexibility index (Phi) is 7.83. The van der Waals surface area contributed by atoms with Gasteiger partial charge in [0.15, 0.2) is 11.0 Å². The standard InChI is InChI=1S/C23H27N5O2S/c1-4-28-20(14-24-22(30)19-13-9-8-10-16(19)2)26-27-23(28)31-15-21(29)25-17(3)18-11-6-5-7-12-18/h5-13,17H,4,14-15H2,1-3H3,(H,24,30)(H,25,29)/t17-/m0/s1. The third-order valence-corrected chi connectivity index (χ3v) is 5.88. The van der Waals surface area contributed by atoms with Crippen LogP contribution in [-0.2, 0) is 17.9 Å². The fraction of sp³-hybridized carbons (Fsp3) is 0.304. The fourth-order valence-corrected chi connectivity index (χ4v) is 4.03. The molecule has 3 aromatic rings. The van der Waals surface area contributed by atoms with Crippen molar-refractivity contribution in [2.45, 2.75) is 45.1 Å². The molecule has 162 valence electrons. The van der Waals surface area contributed by atoms with Gasteiger partial charge in [-0.15, -0.1) is 10.2 Å². The zero-order valence-electron chi connectivity index (χ0n) is 18.0. The molecule has 31 heavy (non-hydrogen) atoms. The van der Waals surface area contributed by atoms with Gasteiger partial charge in [0.25, 0.3) is 5.91 Å². The van der Waals surface area contributed by atoms with E-state index in [1.54, 1.807) is 6.07 Å². The molecule has 1 aromatic heterocycles. The zero-order valence-corrected chi connectivity index (χ0v) is 18.8. The van der Waals surface area contributed by atoms with Crippen molar-refractivity contribution in [1.29, 1.82) is 0 Å². The number of nitrogens with zero attached hydrogens (tertiary/aromatic N) is 3. The summed E-state index contributed by atoms with van der Waals surface area (Å²) in [7, 11) is 0.